The Labute approximate surface area is 119 Å². The van der Waals surface area contributed by atoms with Crippen LogP contribution in [-0.2, 0) is 0 Å². The second kappa shape index (κ2) is 5.41. The van der Waals surface area contributed by atoms with Gasteiger partial charge in [-0.1, -0.05) is 32.0 Å². The summed E-state index contributed by atoms with van der Waals surface area (Å²) in [5, 5.41) is 0.929. The topological polar surface area (TPSA) is 33.5 Å². The van der Waals surface area contributed by atoms with Crippen LogP contribution in [-0.4, -0.2) is 29.8 Å². The molecule has 0 radical (unpaired) electrons. The molecule has 3 rings (SSSR count). The van der Waals surface area contributed by atoms with E-state index in [1.165, 1.54) is 12.8 Å². The zero-order chi connectivity index (χ0) is 14.1. The summed E-state index contributed by atoms with van der Waals surface area (Å²) in [5.74, 6) is 0.756. The van der Waals surface area contributed by atoms with Crippen LogP contribution in [0.1, 0.15) is 37.0 Å². The summed E-state index contributed by atoms with van der Waals surface area (Å²) >= 11 is 0. The van der Waals surface area contributed by atoms with Crippen molar-refractivity contribution < 1.29 is 9.21 Å². The van der Waals surface area contributed by atoms with Crippen LogP contribution >= 0.6 is 0 Å². The van der Waals surface area contributed by atoms with E-state index in [2.05, 4.69) is 18.7 Å². The molecule has 0 atom stereocenters. The molecule has 0 saturated heterocycles. The second-order valence-electron chi connectivity index (χ2n) is 6.12. The minimum absolute atomic E-state index is 0.169. The number of rotatable bonds is 6. The number of benzene rings is 1. The number of Topliss-reactive ketones (excluding diaryl/α,β-unsaturated/α-hetero) is 1. The number of carbonyl (C=O) groups excluding carboxylic acids is 1. The lowest BCUT2D eigenvalue weighted by Gasteiger charge is -2.22. The molecule has 0 aliphatic heterocycles. The standard InChI is InChI=1S/C17H21NO2/c1-12(2)9-18(13-7-8-13)10-16(19)15-11-20-17-6-4-3-5-14(15)17/h3-6,11-13H,7-10H2,1-2H3. The van der Waals surface area contributed by atoms with Crippen molar-refractivity contribution in [2.24, 2.45) is 5.92 Å². The summed E-state index contributed by atoms with van der Waals surface area (Å²) in [6, 6.07) is 8.34. The molecule has 106 valence electrons. The Morgan fingerprint density at radius 2 is 2.10 bits per heavy atom. The van der Waals surface area contributed by atoms with Crippen molar-refractivity contribution in [3.63, 3.8) is 0 Å². The van der Waals surface area contributed by atoms with Gasteiger partial charge < -0.3 is 4.42 Å². The van der Waals surface area contributed by atoms with Gasteiger partial charge in [0.2, 0.25) is 0 Å². The van der Waals surface area contributed by atoms with E-state index in [1.54, 1.807) is 6.26 Å². The van der Waals surface area contributed by atoms with Crippen LogP contribution in [0.3, 0.4) is 0 Å². The third-order valence-corrected chi connectivity index (χ3v) is 3.79. The third kappa shape index (κ3) is 2.78. The Kier molecular flexibility index (Phi) is 3.62. The van der Waals surface area contributed by atoms with E-state index >= 15 is 0 Å². The van der Waals surface area contributed by atoms with Gasteiger partial charge in [-0.15, -0.1) is 0 Å². The van der Waals surface area contributed by atoms with E-state index in [0.29, 0.717) is 18.5 Å². The molecule has 1 aromatic heterocycles. The van der Waals surface area contributed by atoms with E-state index in [4.69, 9.17) is 4.42 Å². The Bertz CT molecular complexity index is 610. The lowest BCUT2D eigenvalue weighted by atomic mass is 10.1. The number of nitrogens with zero attached hydrogens (tertiary/aromatic N) is 1. The van der Waals surface area contributed by atoms with E-state index in [-0.39, 0.29) is 5.78 Å². The van der Waals surface area contributed by atoms with Crippen LogP contribution in [0.4, 0.5) is 0 Å². The van der Waals surface area contributed by atoms with E-state index in [1.807, 2.05) is 24.3 Å². The predicted octanol–water partition coefficient (Wildman–Crippen LogP) is 3.74. The van der Waals surface area contributed by atoms with Gasteiger partial charge in [-0.05, 0) is 24.8 Å². The lowest BCUT2D eigenvalue weighted by Crippen LogP contribution is -2.34. The summed E-state index contributed by atoms with van der Waals surface area (Å²) in [4.78, 5) is 14.9. The highest BCUT2D eigenvalue weighted by molar-refractivity contribution is 6.08. The average Bonchev–Trinajstić information content (AvgIpc) is 3.16. The maximum absolute atomic E-state index is 12.5. The van der Waals surface area contributed by atoms with Gasteiger partial charge in [0.1, 0.15) is 11.8 Å². The van der Waals surface area contributed by atoms with Crippen molar-refractivity contribution in [1.82, 2.24) is 4.90 Å². The number of hydrogen-bond donors (Lipinski definition) is 0. The van der Waals surface area contributed by atoms with Crippen LogP contribution < -0.4 is 0 Å². The van der Waals surface area contributed by atoms with Crippen molar-refractivity contribution >= 4 is 16.8 Å². The first-order valence-electron chi connectivity index (χ1n) is 7.38. The van der Waals surface area contributed by atoms with Crippen LogP contribution in [0.25, 0.3) is 11.0 Å². The fraction of sp³-hybridized carbons (Fsp3) is 0.471. The molecule has 1 heterocycles. The van der Waals surface area contributed by atoms with Crippen LogP contribution in [0.2, 0.25) is 0 Å². The maximum atomic E-state index is 12.5. The van der Waals surface area contributed by atoms with Gasteiger partial charge in [-0.3, -0.25) is 9.69 Å². The quantitative estimate of drug-likeness (QED) is 0.750. The molecule has 0 N–H and O–H groups in total. The van der Waals surface area contributed by atoms with Gasteiger partial charge in [-0.2, -0.15) is 0 Å². The highest BCUT2D eigenvalue weighted by Gasteiger charge is 2.31. The molecule has 3 nitrogen and oxygen atoms in total. The molecule has 1 aliphatic rings. The average molecular weight is 271 g/mol. The highest BCUT2D eigenvalue weighted by atomic mass is 16.3. The smallest absolute Gasteiger partial charge is 0.180 e. The Morgan fingerprint density at radius 1 is 1.35 bits per heavy atom. The van der Waals surface area contributed by atoms with Crippen LogP contribution in [0, 0.1) is 5.92 Å². The fourth-order valence-electron chi connectivity index (χ4n) is 2.71. The molecule has 1 fully saturated rings. The van der Waals surface area contributed by atoms with Gasteiger partial charge in [0, 0.05) is 18.0 Å². The molecule has 0 amide bonds. The largest absolute Gasteiger partial charge is 0.464 e. The molecule has 3 heteroatoms. The molecule has 0 spiro atoms. The van der Waals surface area contributed by atoms with Crippen LogP contribution in [0.15, 0.2) is 34.9 Å². The molecular weight excluding hydrogens is 250 g/mol. The SMILES string of the molecule is CC(C)CN(CC(=O)c1coc2ccccc12)C1CC1. The first-order chi connectivity index (χ1) is 9.65. The van der Waals surface area contributed by atoms with Crippen molar-refractivity contribution in [2.45, 2.75) is 32.7 Å². The van der Waals surface area contributed by atoms with Crippen LogP contribution in [0.5, 0.6) is 0 Å². The Balaban J connectivity index is 1.78. The Morgan fingerprint density at radius 3 is 2.80 bits per heavy atom. The van der Waals surface area contributed by atoms with Gasteiger partial charge in [-0.25, -0.2) is 0 Å². The van der Waals surface area contributed by atoms with Gasteiger partial charge in [0.05, 0.1) is 12.1 Å². The predicted molar refractivity (Wildman–Crippen MR) is 80.0 cm³/mol. The lowest BCUT2D eigenvalue weighted by molar-refractivity contribution is 0.0916. The fourth-order valence-corrected chi connectivity index (χ4v) is 2.71. The van der Waals surface area contributed by atoms with E-state index in [0.717, 1.165) is 23.1 Å². The number of furan rings is 1. The molecular formula is C17H21NO2. The molecule has 1 aliphatic carbocycles. The number of hydrogen-bond acceptors (Lipinski definition) is 3. The van der Waals surface area contributed by atoms with E-state index < -0.39 is 0 Å². The molecule has 20 heavy (non-hydrogen) atoms. The zero-order valence-electron chi connectivity index (χ0n) is 12.1. The molecule has 0 unspecified atom stereocenters. The minimum Gasteiger partial charge on any atom is -0.464 e. The highest BCUT2D eigenvalue weighted by Crippen LogP contribution is 2.28. The van der Waals surface area contributed by atoms with Crippen molar-refractivity contribution in [3.8, 4) is 0 Å². The summed E-state index contributed by atoms with van der Waals surface area (Å²) < 4.78 is 5.47. The Hall–Kier alpha value is -1.61. The monoisotopic (exact) mass is 271 g/mol. The summed E-state index contributed by atoms with van der Waals surface area (Å²) in [5.41, 5.74) is 1.51. The molecule has 0 bridgehead atoms. The van der Waals surface area contributed by atoms with E-state index in [9.17, 15) is 4.79 Å². The van der Waals surface area contributed by atoms with Crippen molar-refractivity contribution in [1.29, 1.82) is 0 Å². The number of fused-ring (bicyclic) bond motifs is 1. The van der Waals surface area contributed by atoms with Gasteiger partial charge in [0.25, 0.3) is 0 Å². The maximum Gasteiger partial charge on any atom is 0.180 e. The van der Waals surface area contributed by atoms with Crippen molar-refractivity contribution in [2.75, 3.05) is 13.1 Å². The van der Waals surface area contributed by atoms with Crippen molar-refractivity contribution in [3.05, 3.63) is 36.1 Å². The zero-order valence-corrected chi connectivity index (χ0v) is 12.1. The minimum atomic E-state index is 0.169. The normalized spacial score (nSPS) is 15.4. The summed E-state index contributed by atoms with van der Waals surface area (Å²) in [7, 11) is 0. The molecule has 1 saturated carbocycles. The van der Waals surface area contributed by atoms with Gasteiger partial charge >= 0.3 is 0 Å². The van der Waals surface area contributed by atoms with Gasteiger partial charge in [0.15, 0.2) is 5.78 Å². The second-order valence-corrected chi connectivity index (χ2v) is 6.12. The summed E-state index contributed by atoms with van der Waals surface area (Å²) in [6.45, 7) is 5.90. The first-order valence-corrected chi connectivity index (χ1v) is 7.38. The number of ketones is 1. The summed E-state index contributed by atoms with van der Waals surface area (Å²) in [6.07, 6.45) is 4.06. The number of para-hydroxylation sites is 1. The number of carbonyl (C=O) groups is 1. The molecule has 1 aromatic carbocycles. The third-order valence-electron chi connectivity index (χ3n) is 3.79. The first kappa shape index (κ1) is 13.4. The molecule has 2 aromatic rings.